The zero-order valence-corrected chi connectivity index (χ0v) is 30.4. The maximum Gasteiger partial charge on any atom is 0.433 e. The Morgan fingerprint density at radius 3 is 2.02 bits per heavy atom. The highest BCUT2D eigenvalue weighted by atomic mass is 32.2. The lowest BCUT2D eigenvalue weighted by Gasteiger charge is -2.30. The van der Waals surface area contributed by atoms with Crippen LogP contribution in [-0.2, 0) is 39.5 Å². The quantitative estimate of drug-likeness (QED) is 0.0875. The third-order valence-corrected chi connectivity index (χ3v) is 10.7. The third kappa shape index (κ3) is 8.75. The minimum atomic E-state index is -5.95. The molecule has 0 unspecified atom stereocenters. The molecule has 0 atom stereocenters. The second-order valence-electron chi connectivity index (χ2n) is 13.9. The van der Waals surface area contributed by atoms with Crippen LogP contribution in [0.2, 0.25) is 0 Å². The molecule has 4 aromatic rings. The molecule has 0 spiro atoms. The van der Waals surface area contributed by atoms with Gasteiger partial charge in [-0.25, -0.2) is 35.2 Å². The van der Waals surface area contributed by atoms with E-state index in [4.69, 9.17) is 4.74 Å². The molecule has 294 valence electrons. The van der Waals surface area contributed by atoms with Gasteiger partial charge in [-0.15, -0.1) is 0 Å². The molecule has 1 amide bonds. The number of benzene rings is 3. The summed E-state index contributed by atoms with van der Waals surface area (Å²) in [6.45, 7) is 2.81. The minimum absolute atomic E-state index is 0.0323. The van der Waals surface area contributed by atoms with Gasteiger partial charge in [-0.3, -0.25) is 9.78 Å². The van der Waals surface area contributed by atoms with Crippen LogP contribution in [0.5, 0.6) is 5.75 Å². The second kappa shape index (κ2) is 15.2. The number of carbonyl (C=O) groups excluding carboxylic acids is 1. The van der Waals surface area contributed by atoms with Gasteiger partial charge in [-0.2, -0.15) is 17.5 Å². The van der Waals surface area contributed by atoms with Crippen molar-refractivity contribution in [2.45, 2.75) is 69.1 Å². The first-order valence-electron chi connectivity index (χ1n) is 16.4. The lowest BCUT2D eigenvalue weighted by atomic mass is 9.84. The Morgan fingerprint density at radius 1 is 0.855 bits per heavy atom. The van der Waals surface area contributed by atoms with E-state index in [1.165, 1.54) is 6.07 Å². The molecule has 1 saturated carbocycles. The summed E-state index contributed by atoms with van der Waals surface area (Å²) in [6.07, 6.45) is -2.61. The number of hydrogen-bond donors (Lipinski definition) is 1. The van der Waals surface area contributed by atoms with Crippen molar-refractivity contribution in [3.63, 3.8) is 0 Å². The first-order valence-corrected chi connectivity index (χ1v) is 17.9. The van der Waals surface area contributed by atoms with Crippen LogP contribution in [0.4, 0.5) is 40.8 Å². The van der Waals surface area contributed by atoms with E-state index in [2.05, 4.69) is 4.98 Å². The second-order valence-corrected chi connectivity index (χ2v) is 15.8. The highest BCUT2D eigenvalue weighted by Gasteiger charge is 2.40. The van der Waals surface area contributed by atoms with Crippen molar-refractivity contribution in [2.75, 3.05) is 18.6 Å². The van der Waals surface area contributed by atoms with E-state index in [-0.39, 0.29) is 33.8 Å². The van der Waals surface area contributed by atoms with E-state index in [0.29, 0.717) is 17.8 Å². The number of amides is 1. The molecule has 1 aromatic heterocycles. The molecule has 1 aliphatic carbocycles. The number of anilines is 1. The Bertz CT molecular complexity index is 2250. The molecule has 0 bridgehead atoms. The molecule has 3 aromatic carbocycles. The summed E-state index contributed by atoms with van der Waals surface area (Å²) in [6, 6.07) is 10.2. The molecule has 0 radical (unpaired) electrons. The predicted molar refractivity (Wildman–Crippen MR) is 181 cm³/mol. The molecule has 1 N–H and O–H groups in total. The molecule has 5 rings (SSSR count). The van der Waals surface area contributed by atoms with Gasteiger partial charge < -0.3 is 14.7 Å². The van der Waals surface area contributed by atoms with Crippen LogP contribution in [0.15, 0.2) is 59.6 Å². The van der Waals surface area contributed by atoms with Crippen molar-refractivity contribution >= 4 is 27.6 Å². The Kier molecular flexibility index (Phi) is 11.4. The van der Waals surface area contributed by atoms with Gasteiger partial charge in [0.15, 0.2) is 28.2 Å². The summed E-state index contributed by atoms with van der Waals surface area (Å²) < 4.78 is 147. The fourth-order valence-electron chi connectivity index (χ4n) is 5.75. The van der Waals surface area contributed by atoms with Gasteiger partial charge in [-0.1, -0.05) is 39.0 Å². The highest BCUT2D eigenvalue weighted by Crippen LogP contribution is 2.42. The molecular weight excluding hydrogens is 766 g/mol. The first-order chi connectivity index (χ1) is 25.5. The fraction of sp³-hybridized carbons (Fsp3) is 0.324. The number of carboxylic acid groups (broad SMARTS) is 1. The van der Waals surface area contributed by atoms with Crippen LogP contribution in [-0.4, -0.2) is 48.3 Å². The van der Waals surface area contributed by atoms with Crippen molar-refractivity contribution in [3.8, 4) is 5.75 Å². The number of carbonyl (C=O) groups is 2. The standard InChI is InChI=1S/C37H33F8N3O6S/c1-36(2,3)24-12-20(11-23(14-24)21-5-6-21)17-48(25-8-7-22(35(50)51)15-26(25)54-4)28(49)18-47(16-19-9-10-46-27(13-19)37(43,44)45)55(52,53)34-32(41)30(39)29(38)31(40)33(34)42/h7-15,21H,5-6,16-18H2,1-4H3,(H,50,51). The van der Waals surface area contributed by atoms with Gasteiger partial charge in [0.2, 0.25) is 21.7 Å². The van der Waals surface area contributed by atoms with Crippen molar-refractivity contribution in [2.24, 2.45) is 0 Å². The molecule has 18 heteroatoms. The average Bonchev–Trinajstić information content (AvgIpc) is 3.97. The number of nitrogens with zero attached hydrogens (tertiary/aromatic N) is 3. The third-order valence-electron chi connectivity index (χ3n) is 8.84. The summed E-state index contributed by atoms with van der Waals surface area (Å²) in [5, 5.41) is 9.58. The van der Waals surface area contributed by atoms with Crippen molar-refractivity contribution in [3.05, 3.63) is 117 Å². The number of hydrogen-bond acceptors (Lipinski definition) is 6. The maximum atomic E-state index is 15.1. The molecule has 9 nitrogen and oxygen atoms in total. The van der Waals surface area contributed by atoms with E-state index in [9.17, 15) is 49.5 Å². The van der Waals surface area contributed by atoms with Crippen LogP contribution in [0, 0.1) is 29.1 Å². The normalized spacial score (nSPS) is 13.6. The zero-order valence-electron chi connectivity index (χ0n) is 29.6. The van der Waals surface area contributed by atoms with E-state index in [1.54, 1.807) is 6.07 Å². The van der Waals surface area contributed by atoms with Crippen molar-refractivity contribution in [1.29, 1.82) is 0 Å². The van der Waals surface area contributed by atoms with Gasteiger partial charge in [0.1, 0.15) is 11.4 Å². The highest BCUT2D eigenvalue weighted by molar-refractivity contribution is 7.89. The summed E-state index contributed by atoms with van der Waals surface area (Å²) in [5.74, 6) is -16.0. The summed E-state index contributed by atoms with van der Waals surface area (Å²) in [5.41, 5.74) is -0.517. The van der Waals surface area contributed by atoms with E-state index < -0.39 is 91.8 Å². The Morgan fingerprint density at radius 2 is 1.47 bits per heavy atom. The molecule has 0 aliphatic heterocycles. The Labute approximate surface area is 310 Å². The molecule has 55 heavy (non-hydrogen) atoms. The maximum absolute atomic E-state index is 15.1. The number of methoxy groups -OCH3 is 1. The van der Waals surface area contributed by atoms with Gasteiger partial charge in [-0.05, 0) is 76.8 Å². The minimum Gasteiger partial charge on any atom is -0.495 e. The number of pyridine rings is 1. The van der Waals surface area contributed by atoms with Crippen LogP contribution < -0.4 is 9.64 Å². The largest absolute Gasteiger partial charge is 0.495 e. The van der Waals surface area contributed by atoms with E-state index in [1.807, 2.05) is 32.9 Å². The number of alkyl halides is 3. The van der Waals surface area contributed by atoms with Crippen LogP contribution >= 0.6 is 0 Å². The summed E-state index contributed by atoms with van der Waals surface area (Å²) in [7, 11) is -4.79. The fourth-order valence-corrected chi connectivity index (χ4v) is 7.24. The predicted octanol–water partition coefficient (Wildman–Crippen LogP) is 8.10. The molecule has 0 saturated heterocycles. The average molecular weight is 800 g/mol. The lowest BCUT2D eigenvalue weighted by molar-refractivity contribution is -0.141. The Balaban J connectivity index is 1.68. The molecule has 1 fully saturated rings. The number of sulfonamides is 1. The van der Waals surface area contributed by atoms with Crippen LogP contribution in [0.25, 0.3) is 0 Å². The lowest BCUT2D eigenvalue weighted by Crippen LogP contribution is -2.43. The van der Waals surface area contributed by atoms with Gasteiger partial charge >= 0.3 is 12.1 Å². The summed E-state index contributed by atoms with van der Waals surface area (Å²) >= 11 is 0. The van der Waals surface area contributed by atoms with Crippen LogP contribution in [0.1, 0.15) is 77.8 Å². The van der Waals surface area contributed by atoms with Crippen molar-refractivity contribution < 1.29 is 63.0 Å². The number of carboxylic acids is 1. The van der Waals surface area contributed by atoms with Gasteiger partial charge in [0, 0.05) is 12.7 Å². The topological polar surface area (TPSA) is 117 Å². The number of rotatable bonds is 12. The smallest absolute Gasteiger partial charge is 0.433 e. The molecule has 1 aliphatic rings. The van der Waals surface area contributed by atoms with Gasteiger partial charge in [0.05, 0.1) is 31.5 Å². The van der Waals surface area contributed by atoms with Gasteiger partial charge in [0.25, 0.3) is 0 Å². The number of aromatic carboxylic acids is 1. The van der Waals surface area contributed by atoms with Crippen LogP contribution in [0.3, 0.4) is 0 Å². The number of halogens is 8. The van der Waals surface area contributed by atoms with E-state index in [0.717, 1.165) is 54.2 Å². The van der Waals surface area contributed by atoms with Crippen molar-refractivity contribution in [1.82, 2.24) is 9.29 Å². The number of ether oxygens (including phenoxy) is 1. The summed E-state index contributed by atoms with van der Waals surface area (Å²) in [4.78, 5) is 28.0. The monoisotopic (exact) mass is 799 g/mol. The molecular formula is C37H33F8N3O6S. The number of aromatic nitrogens is 1. The first kappa shape index (κ1) is 41.1. The van der Waals surface area contributed by atoms with E-state index >= 15 is 8.78 Å². The zero-order chi connectivity index (χ0) is 40.8. The SMILES string of the molecule is COc1cc(C(=O)O)ccc1N(Cc1cc(C2CC2)cc(C(C)(C)C)c1)C(=O)CN(Cc1ccnc(C(F)(F)F)c1)S(=O)(=O)c1c(F)c(F)c(F)c(F)c1F. The molecule has 1 heterocycles. The Hall–Kier alpha value is -5.10.